The minimum atomic E-state index is -5.45. The second-order valence-electron chi connectivity index (χ2n) is 8.53. The topological polar surface area (TPSA) is 50.4 Å². The Hall–Kier alpha value is -2.87. The molecule has 2 aromatic rings. The van der Waals surface area contributed by atoms with Crippen LogP contribution >= 0.6 is 11.8 Å². The molecule has 37 heavy (non-hydrogen) atoms. The first kappa shape index (κ1) is 27.2. The van der Waals surface area contributed by atoms with Crippen molar-refractivity contribution >= 4 is 23.4 Å². The number of halogens is 9. The van der Waals surface area contributed by atoms with Crippen molar-refractivity contribution in [2.24, 2.45) is 0 Å². The normalized spacial score (nSPS) is 20.8. The quantitative estimate of drug-likeness (QED) is 0.440. The summed E-state index contributed by atoms with van der Waals surface area (Å²) in [6.45, 7) is 1.53. The largest absolute Gasteiger partial charge is 0.428 e. The Balaban J connectivity index is 1.77. The lowest BCUT2D eigenvalue weighted by molar-refractivity contribution is -0.269. The Bertz CT molecular complexity index is 1220. The maximum absolute atomic E-state index is 14.2. The van der Waals surface area contributed by atoms with E-state index in [0.717, 1.165) is 11.5 Å². The number of amides is 1. The van der Waals surface area contributed by atoms with Crippen molar-refractivity contribution in [2.45, 2.75) is 37.1 Å². The highest BCUT2D eigenvalue weighted by Crippen LogP contribution is 2.49. The number of rotatable bonds is 4. The number of carbonyl (C=O) groups is 1. The summed E-state index contributed by atoms with van der Waals surface area (Å²) in [6, 6.07) is 3.68. The number of thioether (sulfide) groups is 1. The smallest absolute Gasteiger partial charge is 0.348 e. The zero-order valence-corrected chi connectivity index (χ0v) is 19.5. The first-order chi connectivity index (χ1) is 17.0. The molecule has 1 saturated heterocycles. The van der Waals surface area contributed by atoms with E-state index in [1.54, 1.807) is 11.8 Å². The standard InChI is InChI=1S/C23H17F9N2O2S/c1-11-4-12(2-3-17(11)19(35)33-16-9-37-10-16)18-8-20(36-34-18,23(30,31)32)13-5-14(21(24,25)26)7-15(6-13)22(27,28)29/h2-8,16,34H,9-10H2,1H3,(H,33,35). The Morgan fingerprint density at radius 2 is 1.57 bits per heavy atom. The van der Waals surface area contributed by atoms with Crippen LogP contribution in [0.3, 0.4) is 0 Å². The average Bonchev–Trinajstić information content (AvgIpc) is 3.21. The number of nitrogens with one attached hydrogen (secondary N) is 2. The number of carbonyl (C=O) groups excluding carboxylic acids is 1. The fourth-order valence-corrected chi connectivity index (χ4v) is 4.46. The molecule has 1 fully saturated rings. The first-order valence-corrected chi connectivity index (χ1v) is 11.7. The maximum Gasteiger partial charge on any atom is 0.428 e. The SMILES string of the molecule is Cc1cc(C2=CC(c3cc(C(F)(F)F)cc(C(F)(F)F)c3)(C(F)(F)F)ON2)ccc1C(=O)NC1CSC1. The third-order valence-electron chi connectivity index (χ3n) is 5.86. The zero-order chi connectivity index (χ0) is 27.4. The van der Waals surface area contributed by atoms with E-state index in [-0.39, 0.29) is 47.0 Å². The molecule has 2 aliphatic rings. The van der Waals surface area contributed by atoms with Gasteiger partial charge in [0.25, 0.3) is 5.91 Å². The maximum atomic E-state index is 14.2. The van der Waals surface area contributed by atoms with Crippen LogP contribution in [0.1, 0.15) is 38.2 Å². The molecular weight excluding hydrogens is 539 g/mol. The number of hydrogen-bond acceptors (Lipinski definition) is 4. The van der Waals surface area contributed by atoms with Gasteiger partial charge in [0.2, 0.25) is 5.60 Å². The molecule has 2 aliphatic heterocycles. The average molecular weight is 556 g/mol. The van der Waals surface area contributed by atoms with Crippen LogP contribution in [0.15, 0.2) is 42.5 Å². The molecule has 0 aromatic heterocycles. The molecule has 4 nitrogen and oxygen atoms in total. The van der Waals surface area contributed by atoms with Crippen molar-refractivity contribution in [2.75, 3.05) is 11.5 Å². The van der Waals surface area contributed by atoms with Gasteiger partial charge in [-0.05, 0) is 54.5 Å². The Morgan fingerprint density at radius 1 is 0.973 bits per heavy atom. The highest BCUT2D eigenvalue weighted by atomic mass is 32.2. The lowest BCUT2D eigenvalue weighted by Crippen LogP contribution is -2.44. The number of aryl methyl sites for hydroxylation is 1. The summed E-state index contributed by atoms with van der Waals surface area (Å²) in [5.41, 5.74) is -6.55. The van der Waals surface area contributed by atoms with Gasteiger partial charge in [0, 0.05) is 28.7 Å². The molecule has 0 aliphatic carbocycles. The third-order valence-corrected chi connectivity index (χ3v) is 7.14. The summed E-state index contributed by atoms with van der Waals surface area (Å²) < 4.78 is 122. The highest BCUT2D eigenvalue weighted by Gasteiger charge is 2.60. The fraction of sp³-hybridized carbons (Fsp3) is 0.348. The molecule has 0 spiro atoms. The monoisotopic (exact) mass is 556 g/mol. The fourth-order valence-electron chi connectivity index (χ4n) is 3.82. The van der Waals surface area contributed by atoms with Crippen LogP contribution in [0.4, 0.5) is 39.5 Å². The van der Waals surface area contributed by atoms with E-state index in [1.807, 2.05) is 5.48 Å². The summed E-state index contributed by atoms with van der Waals surface area (Å²) >= 11 is 1.65. The molecule has 14 heteroatoms. The molecule has 2 N–H and O–H groups in total. The van der Waals surface area contributed by atoms with Crippen molar-refractivity contribution in [3.05, 3.63) is 75.9 Å². The Labute approximate surface area is 208 Å². The van der Waals surface area contributed by atoms with Crippen LogP contribution in [-0.2, 0) is 22.8 Å². The minimum Gasteiger partial charge on any atom is -0.348 e. The Morgan fingerprint density at radius 3 is 2.03 bits per heavy atom. The van der Waals surface area contributed by atoms with E-state index < -0.39 is 40.8 Å². The van der Waals surface area contributed by atoms with Crippen molar-refractivity contribution in [3.8, 4) is 0 Å². The van der Waals surface area contributed by atoms with Crippen molar-refractivity contribution < 1.29 is 49.1 Å². The summed E-state index contributed by atoms with van der Waals surface area (Å²) in [7, 11) is 0. The molecule has 0 radical (unpaired) electrons. The van der Waals surface area contributed by atoms with Gasteiger partial charge in [0.15, 0.2) is 0 Å². The minimum absolute atomic E-state index is 0.00522. The lowest BCUT2D eigenvalue weighted by Gasteiger charge is -2.29. The van der Waals surface area contributed by atoms with Gasteiger partial charge in [-0.25, -0.2) is 0 Å². The van der Waals surface area contributed by atoms with E-state index in [1.165, 1.54) is 25.1 Å². The molecule has 2 aromatic carbocycles. The summed E-state index contributed by atoms with van der Waals surface area (Å²) in [4.78, 5) is 17.1. The number of alkyl halides is 9. The molecule has 2 heterocycles. The second kappa shape index (κ2) is 9.15. The van der Waals surface area contributed by atoms with Crippen LogP contribution < -0.4 is 10.8 Å². The number of hydrogen-bond donors (Lipinski definition) is 2. The molecule has 200 valence electrons. The third kappa shape index (κ3) is 5.26. The predicted molar refractivity (Wildman–Crippen MR) is 116 cm³/mol. The van der Waals surface area contributed by atoms with Gasteiger partial charge >= 0.3 is 18.5 Å². The van der Waals surface area contributed by atoms with Gasteiger partial charge in [0.05, 0.1) is 16.8 Å². The molecule has 0 saturated carbocycles. The summed E-state index contributed by atoms with van der Waals surface area (Å²) in [6.07, 6.45) is -15.8. The van der Waals surface area contributed by atoms with Crippen LogP contribution in [0.2, 0.25) is 0 Å². The van der Waals surface area contributed by atoms with Crippen LogP contribution in [-0.4, -0.2) is 29.6 Å². The van der Waals surface area contributed by atoms with Crippen LogP contribution in [0.25, 0.3) is 5.70 Å². The number of hydroxylamine groups is 1. The van der Waals surface area contributed by atoms with Gasteiger partial charge < -0.3 is 5.32 Å². The van der Waals surface area contributed by atoms with Gasteiger partial charge in [-0.3, -0.25) is 15.1 Å². The van der Waals surface area contributed by atoms with E-state index in [4.69, 9.17) is 4.84 Å². The number of benzene rings is 2. The first-order valence-electron chi connectivity index (χ1n) is 10.5. The van der Waals surface area contributed by atoms with Gasteiger partial charge in [-0.15, -0.1) is 0 Å². The Kier molecular flexibility index (Phi) is 6.72. The predicted octanol–water partition coefficient (Wildman–Crippen LogP) is 6.21. The molecule has 1 unspecified atom stereocenters. The molecule has 0 bridgehead atoms. The summed E-state index contributed by atoms with van der Waals surface area (Å²) in [5.74, 6) is 1.12. The lowest BCUT2D eigenvalue weighted by atomic mass is 9.88. The van der Waals surface area contributed by atoms with Crippen molar-refractivity contribution in [1.82, 2.24) is 10.8 Å². The van der Waals surface area contributed by atoms with Gasteiger partial charge in [-0.1, -0.05) is 6.07 Å². The van der Waals surface area contributed by atoms with E-state index in [2.05, 4.69) is 5.32 Å². The van der Waals surface area contributed by atoms with Crippen molar-refractivity contribution in [1.29, 1.82) is 0 Å². The second-order valence-corrected chi connectivity index (χ2v) is 9.60. The molecule has 1 atom stereocenters. The van der Waals surface area contributed by atoms with Gasteiger partial charge in [0.1, 0.15) is 0 Å². The molecular formula is C23H17F9N2O2S. The van der Waals surface area contributed by atoms with Crippen molar-refractivity contribution in [3.63, 3.8) is 0 Å². The van der Waals surface area contributed by atoms with Crippen LogP contribution in [0.5, 0.6) is 0 Å². The highest BCUT2D eigenvalue weighted by molar-refractivity contribution is 8.00. The van der Waals surface area contributed by atoms with Gasteiger partial charge in [-0.2, -0.15) is 51.3 Å². The van der Waals surface area contributed by atoms with E-state index >= 15 is 0 Å². The van der Waals surface area contributed by atoms with Crippen LogP contribution in [0, 0.1) is 6.92 Å². The summed E-state index contributed by atoms with van der Waals surface area (Å²) in [5, 5.41) is 2.80. The van der Waals surface area contributed by atoms with E-state index in [0.29, 0.717) is 11.6 Å². The molecule has 4 rings (SSSR count). The molecule has 1 amide bonds. The van der Waals surface area contributed by atoms with E-state index in [9.17, 15) is 44.3 Å². The zero-order valence-electron chi connectivity index (χ0n) is 18.7.